The van der Waals surface area contributed by atoms with Gasteiger partial charge < -0.3 is 21.2 Å². The topological polar surface area (TPSA) is 63.2 Å². The summed E-state index contributed by atoms with van der Waals surface area (Å²) in [5, 5.41) is 0. The monoisotopic (exact) mass is 602 g/mol. The molecule has 0 saturated carbocycles. The Kier molecular flexibility index (Phi) is 17.1. The highest BCUT2D eigenvalue weighted by Crippen LogP contribution is 2.33. The molecule has 6 nitrogen and oxygen atoms in total. The summed E-state index contributed by atoms with van der Waals surface area (Å²) in [7, 11) is -9.48. The second-order valence-electron chi connectivity index (χ2n) is 12.0. The van der Waals surface area contributed by atoms with E-state index in [9.17, 15) is 4.79 Å². The summed E-state index contributed by atoms with van der Waals surface area (Å²) >= 11 is 0. The lowest BCUT2D eigenvalue weighted by atomic mass is 10.1. The third kappa shape index (κ3) is 18.1. The van der Waals surface area contributed by atoms with Gasteiger partial charge in [-0.15, -0.1) is 0 Å². The third-order valence-electron chi connectivity index (χ3n) is 6.28. The van der Waals surface area contributed by atoms with Gasteiger partial charge in [0.1, 0.15) is 0 Å². The average molecular weight is 603 g/mol. The molecule has 0 radical (unpaired) electrons. The van der Waals surface area contributed by atoms with Crippen molar-refractivity contribution in [2.45, 2.75) is 142 Å². The first-order valence-corrected chi connectivity index (χ1v) is 26.0. The lowest BCUT2D eigenvalue weighted by Gasteiger charge is -2.47. The van der Waals surface area contributed by atoms with E-state index >= 15 is 0 Å². The van der Waals surface area contributed by atoms with Crippen LogP contribution >= 0.6 is 0 Å². The first-order chi connectivity index (χ1) is 17.8. The summed E-state index contributed by atoms with van der Waals surface area (Å²) < 4.78 is 31.5. The van der Waals surface area contributed by atoms with Crippen LogP contribution in [0.1, 0.15) is 90.4 Å². The lowest BCUT2D eigenvalue weighted by molar-refractivity contribution is -0.143. The quantitative estimate of drug-likeness (QED) is 0.0675. The summed E-state index contributed by atoms with van der Waals surface area (Å²) in [6.45, 7) is 17.2. The van der Waals surface area contributed by atoms with Gasteiger partial charge in [0.05, 0.1) is 6.61 Å². The van der Waals surface area contributed by atoms with E-state index in [2.05, 4.69) is 77.1 Å². The van der Waals surface area contributed by atoms with Crippen molar-refractivity contribution >= 4 is 40.2 Å². The Labute approximate surface area is 238 Å². The molecule has 1 saturated heterocycles. The average Bonchev–Trinajstić information content (AvgIpc) is 2.76. The van der Waals surface area contributed by atoms with Crippen LogP contribution in [0, 0.1) is 0 Å². The molecule has 1 fully saturated rings. The van der Waals surface area contributed by atoms with Gasteiger partial charge in [0.25, 0.3) is 0 Å². The van der Waals surface area contributed by atoms with Crippen molar-refractivity contribution in [3.63, 3.8) is 0 Å². The van der Waals surface area contributed by atoms with Crippen LogP contribution in [0.25, 0.3) is 0 Å². The molecule has 10 heteroatoms. The predicted molar refractivity (Wildman–Crippen MR) is 168 cm³/mol. The number of unbranched alkanes of at least 4 members (excludes halogenated alkanes) is 8. The molecule has 0 atom stereocenters. The van der Waals surface area contributed by atoms with E-state index in [1.165, 1.54) is 44.9 Å². The zero-order chi connectivity index (χ0) is 28.5. The van der Waals surface area contributed by atoms with E-state index < -0.39 is 34.2 Å². The first kappa shape index (κ1) is 35.7. The second-order valence-corrected chi connectivity index (χ2v) is 26.5. The Morgan fingerprint density at radius 2 is 1.13 bits per heavy atom. The lowest BCUT2D eigenvalue weighted by Crippen LogP contribution is -2.65. The standard InChI is InChI=1S/C28H58O6Si4/c1-9-10-11-12-13-14-15-16-17-18-19-20-21-22-23-25-28(29)30-26-24-27-38(8)33-36(4,5)31-35(2,3)32-37(6,7)34-38/h13-14,16-17H,9-12,15,18-27H2,1-8H3/b14-13-,17-16-. The molecule has 38 heavy (non-hydrogen) atoms. The van der Waals surface area contributed by atoms with Crippen molar-refractivity contribution in [2.24, 2.45) is 0 Å². The Balaban J connectivity index is 2.13. The Morgan fingerprint density at radius 3 is 1.71 bits per heavy atom. The van der Waals surface area contributed by atoms with Gasteiger partial charge in [-0.25, -0.2) is 0 Å². The molecule has 0 unspecified atom stereocenters. The Hall–Kier alpha value is -0.342. The number of esters is 1. The van der Waals surface area contributed by atoms with E-state index in [0.717, 1.165) is 38.1 Å². The zero-order valence-corrected chi connectivity index (χ0v) is 29.9. The van der Waals surface area contributed by atoms with Crippen LogP contribution in [-0.4, -0.2) is 46.8 Å². The smallest absolute Gasteiger partial charge is 0.317 e. The van der Waals surface area contributed by atoms with Crippen molar-refractivity contribution in [3.8, 4) is 0 Å². The molecule has 1 heterocycles. The van der Waals surface area contributed by atoms with Gasteiger partial charge in [0.2, 0.25) is 0 Å². The third-order valence-corrected chi connectivity index (χ3v) is 22.8. The van der Waals surface area contributed by atoms with Crippen LogP contribution in [0.3, 0.4) is 0 Å². The molecule has 222 valence electrons. The highest BCUT2D eigenvalue weighted by Gasteiger charge is 2.52. The highest BCUT2D eigenvalue weighted by molar-refractivity contribution is 6.93. The van der Waals surface area contributed by atoms with Gasteiger partial charge in [0.15, 0.2) is 0 Å². The molecular formula is C28H58O6Si4. The minimum absolute atomic E-state index is 0.0918. The van der Waals surface area contributed by atoms with Crippen molar-refractivity contribution in [2.75, 3.05) is 6.61 Å². The van der Waals surface area contributed by atoms with E-state index in [1.54, 1.807) is 0 Å². The Morgan fingerprint density at radius 1 is 0.632 bits per heavy atom. The van der Waals surface area contributed by atoms with Crippen molar-refractivity contribution < 1.29 is 26.0 Å². The molecule has 1 aliphatic rings. The van der Waals surface area contributed by atoms with Gasteiger partial charge in [-0.1, -0.05) is 63.3 Å². The molecule has 0 aromatic rings. The molecular weight excluding hydrogens is 545 g/mol. The van der Waals surface area contributed by atoms with Crippen LogP contribution in [0.4, 0.5) is 0 Å². The zero-order valence-electron chi connectivity index (χ0n) is 25.9. The summed E-state index contributed by atoms with van der Waals surface area (Å²) in [6.07, 6.45) is 23.4. The number of hydrogen-bond acceptors (Lipinski definition) is 6. The number of allylic oxidation sites excluding steroid dienone is 4. The molecule has 0 amide bonds. The fourth-order valence-corrected chi connectivity index (χ4v) is 26.7. The van der Waals surface area contributed by atoms with Crippen LogP contribution < -0.4 is 0 Å². The van der Waals surface area contributed by atoms with Crippen molar-refractivity contribution in [1.82, 2.24) is 0 Å². The van der Waals surface area contributed by atoms with Crippen molar-refractivity contribution in [3.05, 3.63) is 24.3 Å². The molecule has 0 bridgehead atoms. The largest absolute Gasteiger partial charge is 0.466 e. The molecule has 1 rings (SSSR count). The van der Waals surface area contributed by atoms with E-state index in [-0.39, 0.29) is 5.97 Å². The SMILES string of the molecule is CCCCC/C=C\C/C=C\CCCCCCCC(=O)OCCC[Si]1(C)O[Si](C)(C)O[Si](C)(C)O[Si](C)(C)O1. The fraction of sp³-hybridized carbons (Fsp3) is 0.821. The fourth-order valence-electron chi connectivity index (χ4n) is 5.14. The van der Waals surface area contributed by atoms with E-state index in [1.807, 2.05) is 0 Å². The highest BCUT2D eigenvalue weighted by atomic mass is 28.5. The van der Waals surface area contributed by atoms with Gasteiger partial charge >= 0.3 is 40.2 Å². The van der Waals surface area contributed by atoms with Gasteiger partial charge in [-0.05, 0) is 96.8 Å². The summed E-state index contributed by atoms with van der Waals surface area (Å²) in [6, 6.07) is 0.769. The summed E-state index contributed by atoms with van der Waals surface area (Å²) in [4.78, 5) is 12.2. The number of ether oxygens (including phenoxy) is 1. The minimum atomic E-state index is -2.49. The maximum atomic E-state index is 12.2. The van der Waals surface area contributed by atoms with E-state index in [0.29, 0.717) is 13.0 Å². The van der Waals surface area contributed by atoms with Crippen LogP contribution in [-0.2, 0) is 26.0 Å². The van der Waals surface area contributed by atoms with Crippen LogP contribution in [0.15, 0.2) is 24.3 Å². The van der Waals surface area contributed by atoms with Crippen molar-refractivity contribution in [1.29, 1.82) is 0 Å². The number of carbonyl (C=O) groups excluding carboxylic acids is 1. The first-order valence-electron chi connectivity index (χ1n) is 15.0. The second kappa shape index (κ2) is 18.2. The normalized spacial score (nSPS) is 20.4. The van der Waals surface area contributed by atoms with Gasteiger partial charge in [-0.3, -0.25) is 4.79 Å². The van der Waals surface area contributed by atoms with Crippen LogP contribution in [0.5, 0.6) is 0 Å². The molecule has 0 aromatic carbocycles. The summed E-state index contributed by atoms with van der Waals surface area (Å²) in [5.74, 6) is -0.0918. The Bertz CT molecular complexity index is 702. The number of hydrogen-bond donors (Lipinski definition) is 0. The number of rotatable bonds is 18. The molecule has 1 aliphatic heterocycles. The maximum Gasteiger partial charge on any atom is 0.317 e. The molecule has 0 aromatic heterocycles. The molecule has 0 aliphatic carbocycles. The van der Waals surface area contributed by atoms with Crippen LogP contribution in [0.2, 0.25) is 51.9 Å². The minimum Gasteiger partial charge on any atom is -0.466 e. The predicted octanol–water partition coefficient (Wildman–Crippen LogP) is 8.99. The summed E-state index contributed by atoms with van der Waals surface area (Å²) in [5.41, 5.74) is 0. The molecule has 0 N–H and O–H groups in total. The molecule has 0 spiro atoms. The van der Waals surface area contributed by atoms with Gasteiger partial charge in [-0.2, -0.15) is 0 Å². The number of carbonyl (C=O) groups is 1. The van der Waals surface area contributed by atoms with E-state index in [4.69, 9.17) is 21.2 Å². The van der Waals surface area contributed by atoms with Gasteiger partial charge in [0, 0.05) is 6.42 Å². The maximum absolute atomic E-state index is 12.2.